The summed E-state index contributed by atoms with van der Waals surface area (Å²) in [6.07, 6.45) is 4.62. The maximum absolute atomic E-state index is 12.7. The Morgan fingerprint density at radius 1 is 1.15 bits per heavy atom. The van der Waals surface area contributed by atoms with Gasteiger partial charge in [-0.05, 0) is 41.5 Å². The van der Waals surface area contributed by atoms with Crippen molar-refractivity contribution in [1.29, 1.82) is 0 Å². The molecule has 6 nitrogen and oxygen atoms in total. The lowest BCUT2D eigenvalue weighted by atomic mass is 9.99. The SMILES string of the molecule is COc1ccc([C@@H](NC(=O)c2cc(Cl)c[nH]c2=O)c2ccncc2)cc1. The van der Waals surface area contributed by atoms with Gasteiger partial charge in [0, 0.05) is 18.6 Å². The van der Waals surface area contributed by atoms with Gasteiger partial charge >= 0.3 is 0 Å². The van der Waals surface area contributed by atoms with E-state index >= 15 is 0 Å². The lowest BCUT2D eigenvalue weighted by molar-refractivity contribution is 0.0941. The predicted molar refractivity (Wildman–Crippen MR) is 98.6 cm³/mol. The second-order valence-corrected chi connectivity index (χ2v) is 5.96. The summed E-state index contributed by atoms with van der Waals surface area (Å²) >= 11 is 5.89. The third kappa shape index (κ3) is 3.92. The molecule has 2 N–H and O–H groups in total. The van der Waals surface area contributed by atoms with Crippen molar-refractivity contribution in [3.8, 4) is 5.75 Å². The molecule has 0 aliphatic heterocycles. The van der Waals surface area contributed by atoms with E-state index in [1.54, 1.807) is 31.6 Å². The molecule has 0 bridgehead atoms. The molecule has 0 fully saturated rings. The average molecular weight is 370 g/mol. The van der Waals surface area contributed by atoms with E-state index in [1.807, 2.05) is 24.3 Å². The number of rotatable bonds is 5. The first-order valence-corrected chi connectivity index (χ1v) is 8.19. The molecule has 0 spiro atoms. The first-order valence-electron chi connectivity index (χ1n) is 7.81. The van der Waals surface area contributed by atoms with E-state index in [9.17, 15) is 9.59 Å². The maximum atomic E-state index is 12.7. The highest BCUT2D eigenvalue weighted by molar-refractivity contribution is 6.30. The number of aromatic nitrogens is 2. The van der Waals surface area contributed by atoms with Crippen molar-refractivity contribution in [2.45, 2.75) is 6.04 Å². The summed E-state index contributed by atoms with van der Waals surface area (Å²) in [7, 11) is 1.59. The standard InChI is InChI=1S/C19H16ClN3O3/c1-26-15-4-2-12(3-5-15)17(13-6-8-21-9-7-13)23-19(25)16-10-14(20)11-22-18(16)24/h2-11,17H,1H3,(H,22,24)(H,23,25)/t17-/m1/s1. The van der Waals surface area contributed by atoms with Crippen molar-refractivity contribution < 1.29 is 9.53 Å². The summed E-state index contributed by atoms with van der Waals surface area (Å²) in [5, 5.41) is 3.16. The predicted octanol–water partition coefficient (Wildman–Crippen LogP) is 2.95. The largest absolute Gasteiger partial charge is 0.497 e. The van der Waals surface area contributed by atoms with Crippen molar-refractivity contribution in [1.82, 2.24) is 15.3 Å². The van der Waals surface area contributed by atoms with Gasteiger partial charge in [-0.2, -0.15) is 0 Å². The highest BCUT2D eigenvalue weighted by Gasteiger charge is 2.20. The number of amides is 1. The molecule has 7 heteroatoms. The zero-order chi connectivity index (χ0) is 18.5. The Balaban J connectivity index is 1.97. The Labute approximate surface area is 154 Å². The molecule has 0 radical (unpaired) electrons. The van der Waals surface area contributed by atoms with Crippen LogP contribution in [0.2, 0.25) is 5.02 Å². The molecule has 3 aromatic rings. The van der Waals surface area contributed by atoms with Gasteiger partial charge in [-0.3, -0.25) is 14.6 Å². The van der Waals surface area contributed by atoms with Crippen LogP contribution in [-0.4, -0.2) is 23.0 Å². The summed E-state index contributed by atoms with van der Waals surface area (Å²) in [6, 6.07) is 11.8. The molecule has 26 heavy (non-hydrogen) atoms. The van der Waals surface area contributed by atoms with E-state index in [-0.39, 0.29) is 10.6 Å². The summed E-state index contributed by atoms with van der Waals surface area (Å²) in [4.78, 5) is 31.1. The Bertz CT molecular complexity index is 956. The number of nitrogens with one attached hydrogen (secondary N) is 2. The molecule has 132 valence electrons. The number of hydrogen-bond donors (Lipinski definition) is 2. The average Bonchev–Trinajstić information content (AvgIpc) is 2.68. The maximum Gasteiger partial charge on any atom is 0.260 e. The normalized spacial score (nSPS) is 11.6. The van der Waals surface area contributed by atoms with Gasteiger partial charge in [-0.1, -0.05) is 23.7 Å². The molecule has 0 aliphatic rings. The molecule has 2 aromatic heterocycles. The van der Waals surface area contributed by atoms with Gasteiger partial charge in [0.25, 0.3) is 11.5 Å². The van der Waals surface area contributed by atoms with E-state index < -0.39 is 17.5 Å². The molecule has 1 aromatic carbocycles. The molecule has 0 saturated heterocycles. The topological polar surface area (TPSA) is 84.1 Å². The van der Waals surface area contributed by atoms with Gasteiger partial charge in [-0.15, -0.1) is 0 Å². The van der Waals surface area contributed by atoms with Crippen molar-refractivity contribution in [2.24, 2.45) is 0 Å². The van der Waals surface area contributed by atoms with Crippen molar-refractivity contribution >= 4 is 17.5 Å². The molecule has 0 saturated carbocycles. The lowest BCUT2D eigenvalue weighted by Crippen LogP contribution is -2.33. The number of halogens is 1. The number of nitrogens with zero attached hydrogens (tertiary/aromatic N) is 1. The highest BCUT2D eigenvalue weighted by Crippen LogP contribution is 2.24. The molecular formula is C19H16ClN3O3. The summed E-state index contributed by atoms with van der Waals surface area (Å²) < 4.78 is 5.18. The molecule has 0 aliphatic carbocycles. The number of benzene rings is 1. The van der Waals surface area contributed by atoms with Crippen LogP contribution >= 0.6 is 11.6 Å². The van der Waals surface area contributed by atoms with Crippen molar-refractivity contribution in [3.05, 3.63) is 93.1 Å². The zero-order valence-corrected chi connectivity index (χ0v) is 14.7. The van der Waals surface area contributed by atoms with Crippen LogP contribution in [0.3, 0.4) is 0 Å². The van der Waals surface area contributed by atoms with E-state index in [4.69, 9.17) is 16.3 Å². The van der Waals surface area contributed by atoms with Crippen molar-refractivity contribution in [2.75, 3.05) is 7.11 Å². The number of ether oxygens (including phenoxy) is 1. The molecule has 1 atom stereocenters. The van der Waals surface area contributed by atoms with Crippen LogP contribution in [-0.2, 0) is 0 Å². The number of methoxy groups -OCH3 is 1. The fourth-order valence-electron chi connectivity index (χ4n) is 2.55. The molecule has 2 heterocycles. The van der Waals surface area contributed by atoms with Crippen LogP contribution < -0.4 is 15.6 Å². The van der Waals surface area contributed by atoms with Crippen LogP contribution in [0.1, 0.15) is 27.5 Å². The first kappa shape index (κ1) is 17.7. The van der Waals surface area contributed by atoms with Crippen LogP contribution in [0, 0.1) is 0 Å². The smallest absolute Gasteiger partial charge is 0.260 e. The number of carbonyl (C=O) groups excluding carboxylic acids is 1. The second-order valence-electron chi connectivity index (χ2n) is 5.52. The minimum atomic E-state index is -0.522. The zero-order valence-electron chi connectivity index (χ0n) is 13.9. The lowest BCUT2D eigenvalue weighted by Gasteiger charge is -2.20. The molecule has 0 unspecified atom stereocenters. The summed E-state index contributed by atoms with van der Waals surface area (Å²) in [5.41, 5.74) is 1.11. The van der Waals surface area contributed by atoms with Gasteiger partial charge in [0.05, 0.1) is 18.2 Å². The summed E-state index contributed by atoms with van der Waals surface area (Å²) in [5.74, 6) is 0.186. The Morgan fingerprint density at radius 2 is 1.81 bits per heavy atom. The molecule has 1 amide bonds. The molecular weight excluding hydrogens is 354 g/mol. The van der Waals surface area contributed by atoms with Gasteiger partial charge in [0.2, 0.25) is 0 Å². The van der Waals surface area contributed by atoms with Gasteiger partial charge < -0.3 is 15.0 Å². The Morgan fingerprint density at radius 3 is 2.46 bits per heavy atom. The third-order valence-corrected chi connectivity index (χ3v) is 4.09. The fourth-order valence-corrected chi connectivity index (χ4v) is 2.71. The Kier molecular flexibility index (Phi) is 5.34. The number of aromatic amines is 1. The van der Waals surface area contributed by atoms with E-state index in [0.29, 0.717) is 5.75 Å². The number of carbonyl (C=O) groups is 1. The van der Waals surface area contributed by atoms with Crippen molar-refractivity contribution in [3.63, 3.8) is 0 Å². The monoisotopic (exact) mass is 369 g/mol. The van der Waals surface area contributed by atoms with Crippen LogP contribution in [0.5, 0.6) is 5.75 Å². The fraction of sp³-hybridized carbons (Fsp3) is 0.105. The number of hydrogen-bond acceptors (Lipinski definition) is 4. The quantitative estimate of drug-likeness (QED) is 0.724. The molecule has 3 rings (SSSR count). The van der Waals surface area contributed by atoms with Gasteiger partial charge in [-0.25, -0.2) is 0 Å². The number of pyridine rings is 2. The van der Waals surface area contributed by atoms with E-state index in [0.717, 1.165) is 11.1 Å². The number of H-pyrrole nitrogens is 1. The van der Waals surface area contributed by atoms with E-state index in [1.165, 1.54) is 12.3 Å². The van der Waals surface area contributed by atoms with Crippen LogP contribution in [0.15, 0.2) is 65.8 Å². The minimum absolute atomic E-state index is 0.0509. The van der Waals surface area contributed by atoms with Gasteiger partial charge in [0.15, 0.2) is 0 Å². The summed E-state index contributed by atoms with van der Waals surface area (Å²) in [6.45, 7) is 0. The second kappa shape index (κ2) is 7.84. The highest BCUT2D eigenvalue weighted by atomic mass is 35.5. The third-order valence-electron chi connectivity index (χ3n) is 3.88. The minimum Gasteiger partial charge on any atom is -0.497 e. The van der Waals surface area contributed by atoms with Gasteiger partial charge in [0.1, 0.15) is 11.3 Å². The van der Waals surface area contributed by atoms with Crippen LogP contribution in [0.4, 0.5) is 0 Å². The first-order chi connectivity index (χ1) is 12.6. The van der Waals surface area contributed by atoms with Crippen LogP contribution in [0.25, 0.3) is 0 Å². The van der Waals surface area contributed by atoms with E-state index in [2.05, 4.69) is 15.3 Å². The Hall–Kier alpha value is -3.12.